The third kappa shape index (κ3) is 4.03. The third-order valence-electron chi connectivity index (χ3n) is 4.68. The Morgan fingerprint density at radius 2 is 1.90 bits per heavy atom. The van der Waals surface area contributed by atoms with Gasteiger partial charge in [0, 0.05) is 19.1 Å². The molecule has 0 spiro atoms. The number of likely N-dealkylation sites (tertiary alicyclic amines) is 1. The van der Waals surface area contributed by atoms with Crippen molar-refractivity contribution in [3.8, 4) is 0 Å². The van der Waals surface area contributed by atoms with Gasteiger partial charge < -0.3 is 5.32 Å². The van der Waals surface area contributed by atoms with Gasteiger partial charge in [-0.1, -0.05) is 19.4 Å². The molecule has 3 rings (SSSR count). The normalized spacial score (nSPS) is 21.2. The van der Waals surface area contributed by atoms with Gasteiger partial charge in [0.15, 0.2) is 0 Å². The molecule has 2 aliphatic rings. The highest BCUT2D eigenvalue weighted by Gasteiger charge is 2.20. The van der Waals surface area contributed by atoms with E-state index in [-0.39, 0.29) is 0 Å². The minimum Gasteiger partial charge on any atom is -0.308 e. The molecule has 1 aliphatic carbocycles. The zero-order valence-corrected chi connectivity index (χ0v) is 12.6. The van der Waals surface area contributed by atoms with Crippen LogP contribution >= 0.6 is 0 Å². The van der Waals surface area contributed by atoms with Crippen molar-refractivity contribution in [1.29, 1.82) is 0 Å². The minimum atomic E-state index is 0.758. The van der Waals surface area contributed by atoms with Gasteiger partial charge in [-0.2, -0.15) is 0 Å². The Hall–Kier alpha value is -0.930. The highest BCUT2D eigenvalue weighted by molar-refractivity contribution is 5.11. The number of aromatic nitrogens is 1. The van der Waals surface area contributed by atoms with E-state index in [0.29, 0.717) is 0 Å². The zero-order chi connectivity index (χ0) is 13.8. The zero-order valence-electron chi connectivity index (χ0n) is 12.6. The van der Waals surface area contributed by atoms with Gasteiger partial charge in [0.1, 0.15) is 0 Å². The second-order valence-electron chi connectivity index (χ2n) is 6.40. The maximum Gasteiger partial charge on any atom is 0.0547 e. The van der Waals surface area contributed by atoms with Crippen molar-refractivity contribution in [3.05, 3.63) is 29.6 Å². The molecule has 0 radical (unpaired) electrons. The van der Waals surface area contributed by atoms with Gasteiger partial charge >= 0.3 is 0 Å². The van der Waals surface area contributed by atoms with E-state index in [1.165, 1.54) is 56.6 Å². The second-order valence-corrected chi connectivity index (χ2v) is 6.40. The summed E-state index contributed by atoms with van der Waals surface area (Å²) in [6.07, 6.45) is 6.74. The molecule has 1 aromatic rings. The van der Waals surface area contributed by atoms with Crippen molar-refractivity contribution in [3.63, 3.8) is 0 Å². The van der Waals surface area contributed by atoms with Crippen LogP contribution in [0.3, 0.4) is 0 Å². The molecule has 1 aliphatic heterocycles. The molecule has 110 valence electrons. The van der Waals surface area contributed by atoms with Crippen LogP contribution in [0.4, 0.5) is 0 Å². The van der Waals surface area contributed by atoms with Crippen molar-refractivity contribution >= 4 is 0 Å². The summed E-state index contributed by atoms with van der Waals surface area (Å²) in [4.78, 5) is 7.36. The van der Waals surface area contributed by atoms with Crippen molar-refractivity contribution in [2.75, 3.05) is 13.1 Å². The van der Waals surface area contributed by atoms with E-state index in [9.17, 15) is 0 Å². The highest BCUT2D eigenvalue weighted by Crippen LogP contribution is 2.21. The van der Waals surface area contributed by atoms with Crippen LogP contribution in [0.5, 0.6) is 0 Å². The average molecular weight is 273 g/mol. The summed E-state index contributed by atoms with van der Waals surface area (Å²) < 4.78 is 0. The molecule has 1 saturated carbocycles. The van der Waals surface area contributed by atoms with Crippen LogP contribution in [0.25, 0.3) is 0 Å². The van der Waals surface area contributed by atoms with Gasteiger partial charge in [-0.25, -0.2) is 0 Å². The molecule has 2 fully saturated rings. The first-order chi connectivity index (χ1) is 9.83. The van der Waals surface area contributed by atoms with Crippen molar-refractivity contribution in [2.45, 2.75) is 58.2 Å². The lowest BCUT2D eigenvalue weighted by Gasteiger charge is -2.31. The summed E-state index contributed by atoms with van der Waals surface area (Å²) in [5, 5.41) is 3.54. The van der Waals surface area contributed by atoms with E-state index in [0.717, 1.165) is 25.0 Å². The Balaban J connectivity index is 1.50. The largest absolute Gasteiger partial charge is 0.308 e. The summed E-state index contributed by atoms with van der Waals surface area (Å²) in [5.74, 6) is 0.952. The van der Waals surface area contributed by atoms with E-state index < -0.39 is 0 Å². The fraction of sp³-hybridized carbons (Fsp3) is 0.706. The van der Waals surface area contributed by atoms with Crippen LogP contribution in [0, 0.1) is 5.92 Å². The number of hydrogen-bond acceptors (Lipinski definition) is 3. The first-order valence-electron chi connectivity index (χ1n) is 8.24. The predicted octanol–water partition coefficient (Wildman–Crippen LogP) is 2.96. The van der Waals surface area contributed by atoms with Gasteiger partial charge in [-0.3, -0.25) is 9.88 Å². The summed E-state index contributed by atoms with van der Waals surface area (Å²) in [7, 11) is 0. The topological polar surface area (TPSA) is 28.2 Å². The number of rotatable bonds is 6. The molecule has 0 aromatic carbocycles. The fourth-order valence-corrected chi connectivity index (χ4v) is 3.03. The lowest BCUT2D eigenvalue weighted by atomic mass is 9.94. The number of nitrogens with one attached hydrogen (secondary N) is 1. The number of hydrogen-bond donors (Lipinski definition) is 1. The Morgan fingerprint density at radius 1 is 1.15 bits per heavy atom. The highest BCUT2D eigenvalue weighted by atomic mass is 15.1. The Morgan fingerprint density at radius 3 is 2.60 bits per heavy atom. The maximum absolute atomic E-state index is 4.80. The van der Waals surface area contributed by atoms with E-state index >= 15 is 0 Å². The number of piperidine rings is 1. The van der Waals surface area contributed by atoms with Crippen molar-refractivity contribution in [2.24, 2.45) is 5.92 Å². The SMILES string of the molecule is CCC1CCN(Cc2cccc(CNC3CC3)n2)CC1. The number of pyridine rings is 1. The number of nitrogens with zero attached hydrogens (tertiary/aromatic N) is 2. The molecule has 0 unspecified atom stereocenters. The molecule has 3 nitrogen and oxygen atoms in total. The molecule has 1 N–H and O–H groups in total. The van der Waals surface area contributed by atoms with Crippen LogP contribution in [0.2, 0.25) is 0 Å². The Kier molecular flexibility index (Phi) is 4.69. The van der Waals surface area contributed by atoms with Crippen molar-refractivity contribution < 1.29 is 0 Å². The average Bonchev–Trinajstić information content (AvgIpc) is 3.31. The first kappa shape index (κ1) is 14.0. The van der Waals surface area contributed by atoms with E-state index in [4.69, 9.17) is 4.98 Å². The van der Waals surface area contributed by atoms with Gasteiger partial charge in [-0.15, -0.1) is 0 Å². The lowest BCUT2D eigenvalue weighted by Crippen LogP contribution is -2.33. The quantitative estimate of drug-likeness (QED) is 0.863. The van der Waals surface area contributed by atoms with Gasteiger partial charge in [0.2, 0.25) is 0 Å². The predicted molar refractivity (Wildman–Crippen MR) is 82.4 cm³/mol. The molecular formula is C17H27N3. The molecule has 0 bridgehead atoms. The molecular weight excluding hydrogens is 246 g/mol. The van der Waals surface area contributed by atoms with Gasteiger partial charge in [0.25, 0.3) is 0 Å². The molecule has 20 heavy (non-hydrogen) atoms. The molecule has 3 heteroatoms. The standard InChI is InChI=1S/C17H27N3/c1-2-14-8-10-20(11-9-14)13-17-5-3-4-16(19-17)12-18-15-6-7-15/h3-5,14-15,18H,2,6-13H2,1H3. The Bertz CT molecular complexity index is 420. The van der Waals surface area contributed by atoms with Gasteiger partial charge in [0.05, 0.1) is 11.4 Å². The van der Waals surface area contributed by atoms with Crippen LogP contribution in [-0.2, 0) is 13.1 Å². The van der Waals surface area contributed by atoms with Crippen molar-refractivity contribution in [1.82, 2.24) is 15.2 Å². The summed E-state index contributed by atoms with van der Waals surface area (Å²) >= 11 is 0. The van der Waals surface area contributed by atoms with E-state index in [2.05, 4.69) is 35.3 Å². The monoisotopic (exact) mass is 273 g/mol. The molecule has 1 aromatic heterocycles. The van der Waals surface area contributed by atoms with Crippen LogP contribution in [0.1, 0.15) is 50.4 Å². The summed E-state index contributed by atoms with van der Waals surface area (Å²) in [5.41, 5.74) is 2.42. The minimum absolute atomic E-state index is 0.758. The van der Waals surface area contributed by atoms with E-state index in [1.807, 2.05) is 0 Å². The summed E-state index contributed by atoms with van der Waals surface area (Å²) in [6.45, 7) is 6.75. The molecule has 0 atom stereocenters. The molecule has 0 amide bonds. The smallest absolute Gasteiger partial charge is 0.0547 e. The first-order valence-corrected chi connectivity index (χ1v) is 8.24. The molecule has 1 saturated heterocycles. The Labute approximate surface area is 122 Å². The maximum atomic E-state index is 4.80. The van der Waals surface area contributed by atoms with Crippen LogP contribution in [-0.4, -0.2) is 29.0 Å². The van der Waals surface area contributed by atoms with Crippen LogP contribution < -0.4 is 5.32 Å². The lowest BCUT2D eigenvalue weighted by molar-refractivity contribution is 0.173. The second kappa shape index (κ2) is 6.68. The fourth-order valence-electron chi connectivity index (χ4n) is 3.03. The van der Waals surface area contributed by atoms with E-state index in [1.54, 1.807) is 0 Å². The van der Waals surface area contributed by atoms with Gasteiger partial charge in [-0.05, 0) is 56.8 Å². The molecule has 2 heterocycles. The third-order valence-corrected chi connectivity index (χ3v) is 4.68. The summed E-state index contributed by atoms with van der Waals surface area (Å²) in [6, 6.07) is 7.23. The van der Waals surface area contributed by atoms with Crippen LogP contribution in [0.15, 0.2) is 18.2 Å².